The van der Waals surface area contributed by atoms with Crippen molar-refractivity contribution in [3.8, 4) is 0 Å². The van der Waals surface area contributed by atoms with E-state index in [-0.39, 0.29) is 18.1 Å². The molecule has 1 aliphatic heterocycles. The average Bonchev–Trinajstić information content (AvgIpc) is 2.19. The predicted octanol–water partition coefficient (Wildman–Crippen LogP) is 0.280. The maximum Gasteiger partial charge on any atom is 0.248 e. The van der Waals surface area contributed by atoms with Crippen molar-refractivity contribution in [3.63, 3.8) is 0 Å². The van der Waals surface area contributed by atoms with Crippen molar-refractivity contribution in [1.29, 1.82) is 0 Å². The van der Waals surface area contributed by atoms with E-state index < -0.39 is 0 Å². The topological polar surface area (TPSA) is 50.4 Å². The molecule has 0 aromatic rings. The largest absolute Gasteiger partial charge is 0.365 e. The van der Waals surface area contributed by atoms with Crippen molar-refractivity contribution in [2.45, 2.75) is 38.9 Å². The van der Waals surface area contributed by atoms with Crippen LogP contribution in [0.4, 0.5) is 0 Å². The van der Waals surface area contributed by atoms with Gasteiger partial charge >= 0.3 is 0 Å². The molecule has 4 heteroatoms. The molecule has 0 bridgehead atoms. The maximum atomic E-state index is 11.4. The van der Waals surface area contributed by atoms with Crippen LogP contribution < -0.4 is 10.6 Å². The van der Waals surface area contributed by atoms with Crippen molar-refractivity contribution in [3.05, 3.63) is 0 Å². The second-order valence-electron chi connectivity index (χ2n) is 3.62. The summed E-state index contributed by atoms with van der Waals surface area (Å²) < 4.78 is 5.65. The molecule has 0 saturated carbocycles. The summed E-state index contributed by atoms with van der Waals surface area (Å²) in [6.45, 7) is 6.38. The van der Waals surface area contributed by atoms with Gasteiger partial charge in [-0.05, 0) is 39.8 Å². The number of rotatable bonds is 4. The molecular weight excluding hydrogens is 180 g/mol. The van der Waals surface area contributed by atoms with E-state index in [1.165, 1.54) is 0 Å². The molecule has 1 atom stereocenters. The first-order valence-electron chi connectivity index (χ1n) is 5.38. The number of carbonyl (C=O) groups excluding carboxylic acids is 1. The third-order valence-corrected chi connectivity index (χ3v) is 2.40. The summed E-state index contributed by atoms with van der Waals surface area (Å²) in [7, 11) is 0. The number of nitrogens with one attached hydrogen (secondary N) is 2. The van der Waals surface area contributed by atoms with Gasteiger partial charge in [0.2, 0.25) is 5.91 Å². The lowest BCUT2D eigenvalue weighted by molar-refractivity contribution is -0.136. The predicted molar refractivity (Wildman–Crippen MR) is 55.1 cm³/mol. The SMILES string of the molecule is CCNC(=O)C(C)OC1CCNCC1. The van der Waals surface area contributed by atoms with Crippen molar-refractivity contribution in [2.75, 3.05) is 19.6 Å². The Hall–Kier alpha value is -0.610. The van der Waals surface area contributed by atoms with Crippen LogP contribution in [-0.2, 0) is 9.53 Å². The zero-order valence-corrected chi connectivity index (χ0v) is 9.01. The van der Waals surface area contributed by atoms with E-state index in [2.05, 4.69) is 10.6 Å². The molecule has 0 aromatic heterocycles. The minimum atomic E-state index is -0.321. The van der Waals surface area contributed by atoms with Crippen LogP contribution in [-0.4, -0.2) is 37.7 Å². The van der Waals surface area contributed by atoms with Gasteiger partial charge in [-0.2, -0.15) is 0 Å². The lowest BCUT2D eigenvalue weighted by Crippen LogP contribution is -2.40. The summed E-state index contributed by atoms with van der Waals surface area (Å²) >= 11 is 0. The van der Waals surface area contributed by atoms with Gasteiger partial charge in [-0.15, -0.1) is 0 Å². The Morgan fingerprint density at radius 3 is 2.79 bits per heavy atom. The Balaban J connectivity index is 2.24. The third kappa shape index (κ3) is 3.64. The van der Waals surface area contributed by atoms with Gasteiger partial charge in [0, 0.05) is 6.54 Å². The fraction of sp³-hybridized carbons (Fsp3) is 0.900. The summed E-state index contributed by atoms with van der Waals surface area (Å²) in [4.78, 5) is 11.4. The molecular formula is C10H20N2O2. The Kier molecular flexibility index (Phi) is 4.90. The van der Waals surface area contributed by atoms with Crippen LogP contribution in [0, 0.1) is 0 Å². The fourth-order valence-corrected chi connectivity index (χ4v) is 1.60. The molecule has 1 aliphatic rings. The van der Waals surface area contributed by atoms with Crippen molar-refractivity contribution < 1.29 is 9.53 Å². The van der Waals surface area contributed by atoms with Gasteiger partial charge in [-0.3, -0.25) is 4.79 Å². The number of hydrogen-bond donors (Lipinski definition) is 2. The quantitative estimate of drug-likeness (QED) is 0.685. The van der Waals surface area contributed by atoms with E-state index in [1.54, 1.807) is 0 Å². The maximum absolute atomic E-state index is 11.4. The molecule has 14 heavy (non-hydrogen) atoms. The molecule has 0 spiro atoms. The molecule has 1 heterocycles. The molecule has 1 fully saturated rings. The van der Waals surface area contributed by atoms with Gasteiger partial charge in [0.15, 0.2) is 0 Å². The Labute approximate surface area is 85.4 Å². The molecule has 4 nitrogen and oxygen atoms in total. The number of carbonyl (C=O) groups is 1. The van der Waals surface area contributed by atoms with E-state index in [4.69, 9.17) is 4.74 Å². The van der Waals surface area contributed by atoms with Gasteiger partial charge < -0.3 is 15.4 Å². The van der Waals surface area contributed by atoms with Crippen LogP contribution in [0.1, 0.15) is 26.7 Å². The summed E-state index contributed by atoms with van der Waals surface area (Å²) in [6.07, 6.45) is 1.93. The molecule has 82 valence electrons. The molecule has 2 N–H and O–H groups in total. The van der Waals surface area contributed by atoms with E-state index in [9.17, 15) is 4.79 Å². The lowest BCUT2D eigenvalue weighted by Gasteiger charge is -2.25. The van der Waals surface area contributed by atoms with Gasteiger partial charge in [0.25, 0.3) is 0 Å². The van der Waals surface area contributed by atoms with Crippen molar-refractivity contribution in [2.24, 2.45) is 0 Å². The summed E-state index contributed by atoms with van der Waals surface area (Å²) in [5.74, 6) is -0.00830. The van der Waals surface area contributed by atoms with Gasteiger partial charge in [-0.1, -0.05) is 0 Å². The second-order valence-corrected chi connectivity index (χ2v) is 3.62. The van der Waals surface area contributed by atoms with Crippen molar-refractivity contribution >= 4 is 5.91 Å². The average molecular weight is 200 g/mol. The highest BCUT2D eigenvalue weighted by molar-refractivity contribution is 5.80. The van der Waals surface area contributed by atoms with Crippen LogP contribution in [0.25, 0.3) is 0 Å². The van der Waals surface area contributed by atoms with E-state index in [1.807, 2.05) is 13.8 Å². The van der Waals surface area contributed by atoms with E-state index in [0.717, 1.165) is 25.9 Å². The minimum Gasteiger partial charge on any atom is -0.365 e. The van der Waals surface area contributed by atoms with Crippen LogP contribution in [0.15, 0.2) is 0 Å². The minimum absolute atomic E-state index is 0.00830. The van der Waals surface area contributed by atoms with Crippen LogP contribution in [0.2, 0.25) is 0 Å². The summed E-state index contributed by atoms with van der Waals surface area (Å²) in [5.41, 5.74) is 0. The molecule has 0 aliphatic carbocycles. The first-order chi connectivity index (χ1) is 6.74. The normalized spacial score (nSPS) is 20.4. The van der Waals surface area contributed by atoms with Crippen LogP contribution in [0.5, 0.6) is 0 Å². The van der Waals surface area contributed by atoms with Crippen LogP contribution >= 0.6 is 0 Å². The first kappa shape index (κ1) is 11.5. The Morgan fingerprint density at radius 2 is 2.21 bits per heavy atom. The van der Waals surface area contributed by atoms with Crippen molar-refractivity contribution in [1.82, 2.24) is 10.6 Å². The fourth-order valence-electron chi connectivity index (χ4n) is 1.60. The number of amides is 1. The standard InChI is InChI=1S/C10H20N2O2/c1-3-12-10(13)8(2)14-9-4-6-11-7-5-9/h8-9,11H,3-7H2,1-2H3,(H,12,13). The Morgan fingerprint density at radius 1 is 1.57 bits per heavy atom. The number of piperidine rings is 1. The number of likely N-dealkylation sites (N-methyl/N-ethyl adjacent to an activating group) is 1. The zero-order valence-electron chi connectivity index (χ0n) is 9.01. The highest BCUT2D eigenvalue weighted by Gasteiger charge is 2.20. The molecule has 0 aromatic carbocycles. The van der Waals surface area contributed by atoms with Gasteiger partial charge in [0.1, 0.15) is 6.10 Å². The first-order valence-corrected chi connectivity index (χ1v) is 5.38. The molecule has 1 unspecified atom stereocenters. The third-order valence-electron chi connectivity index (χ3n) is 2.40. The Bertz CT molecular complexity index is 179. The molecule has 1 amide bonds. The van der Waals surface area contributed by atoms with Gasteiger partial charge in [-0.25, -0.2) is 0 Å². The zero-order chi connectivity index (χ0) is 10.4. The molecule has 1 saturated heterocycles. The lowest BCUT2D eigenvalue weighted by atomic mass is 10.1. The number of ether oxygens (including phenoxy) is 1. The highest BCUT2D eigenvalue weighted by Crippen LogP contribution is 2.09. The van der Waals surface area contributed by atoms with E-state index in [0.29, 0.717) is 6.54 Å². The summed E-state index contributed by atoms with van der Waals surface area (Å²) in [6, 6.07) is 0. The highest BCUT2D eigenvalue weighted by atomic mass is 16.5. The van der Waals surface area contributed by atoms with Crippen LogP contribution in [0.3, 0.4) is 0 Å². The number of hydrogen-bond acceptors (Lipinski definition) is 3. The second kappa shape index (κ2) is 5.98. The van der Waals surface area contributed by atoms with Gasteiger partial charge in [0.05, 0.1) is 6.10 Å². The monoisotopic (exact) mass is 200 g/mol. The summed E-state index contributed by atoms with van der Waals surface area (Å²) in [5, 5.41) is 6.02. The molecule has 1 rings (SSSR count). The van der Waals surface area contributed by atoms with E-state index >= 15 is 0 Å². The smallest absolute Gasteiger partial charge is 0.248 e. The molecule has 0 radical (unpaired) electrons.